The maximum absolute atomic E-state index is 13.3. The number of piperazine rings is 1. The standard InChI is InChI=1S/C28H32F3N5O5S/c1-4-39-25(37)24-19-7-5-17-16-32-27(34-23(17)22(19)26(42-24)40-14-13-38-3)33-20-15-18(36-11-9-35(2)10-12-36)6-8-21(20)41-28(29,30)31/h6,8,15-16H,4-5,7,9-14H2,1-3H3,(H,32,33,34). The maximum atomic E-state index is 13.3. The Balaban J connectivity index is 1.51. The van der Waals surface area contributed by atoms with Gasteiger partial charge in [-0.1, -0.05) is 11.3 Å². The largest absolute Gasteiger partial charge is 0.573 e. The number of halogens is 3. The average molecular weight is 608 g/mol. The summed E-state index contributed by atoms with van der Waals surface area (Å²) in [6.07, 6.45) is -2.10. The number of benzene rings is 1. The normalized spacial score (nSPS) is 15.1. The minimum atomic E-state index is -4.88. The lowest BCUT2D eigenvalue weighted by Gasteiger charge is -2.34. The van der Waals surface area contributed by atoms with E-state index < -0.39 is 18.1 Å². The molecule has 0 bridgehead atoms. The third kappa shape index (κ3) is 6.71. The molecule has 0 saturated carbocycles. The second kappa shape index (κ2) is 12.7. The van der Waals surface area contributed by atoms with Crippen LogP contribution in [-0.2, 0) is 22.3 Å². The molecule has 0 amide bonds. The van der Waals surface area contributed by atoms with Crippen LogP contribution in [0.5, 0.6) is 10.8 Å². The molecule has 0 radical (unpaired) electrons. The lowest BCUT2D eigenvalue weighted by atomic mass is 9.91. The van der Waals surface area contributed by atoms with Gasteiger partial charge in [0.2, 0.25) is 5.95 Å². The Hall–Kier alpha value is -3.62. The van der Waals surface area contributed by atoms with Crippen molar-refractivity contribution >= 4 is 34.6 Å². The summed E-state index contributed by atoms with van der Waals surface area (Å²) in [5.74, 6) is -0.757. The highest BCUT2D eigenvalue weighted by Gasteiger charge is 2.34. The molecule has 1 aliphatic carbocycles. The molecule has 226 valence electrons. The summed E-state index contributed by atoms with van der Waals surface area (Å²) >= 11 is 1.19. The minimum Gasteiger partial charge on any atom is -0.481 e. The Labute approximate surface area is 245 Å². The van der Waals surface area contributed by atoms with Gasteiger partial charge < -0.3 is 34.1 Å². The van der Waals surface area contributed by atoms with Gasteiger partial charge in [0.05, 0.1) is 30.2 Å². The summed E-state index contributed by atoms with van der Waals surface area (Å²) in [7, 11) is 3.59. The van der Waals surface area contributed by atoms with E-state index in [1.54, 1.807) is 32.4 Å². The number of nitrogens with one attached hydrogen (secondary N) is 1. The number of nitrogens with zero attached hydrogens (tertiary/aromatic N) is 4. The van der Waals surface area contributed by atoms with Crippen molar-refractivity contribution in [1.29, 1.82) is 0 Å². The van der Waals surface area contributed by atoms with Crippen LogP contribution in [0.2, 0.25) is 0 Å². The van der Waals surface area contributed by atoms with E-state index in [1.165, 1.54) is 17.4 Å². The number of alkyl halides is 3. The Morgan fingerprint density at radius 3 is 2.64 bits per heavy atom. The summed E-state index contributed by atoms with van der Waals surface area (Å²) in [5.41, 5.74) is 3.63. The van der Waals surface area contributed by atoms with E-state index >= 15 is 0 Å². The summed E-state index contributed by atoms with van der Waals surface area (Å²) in [6.45, 7) is 5.72. The Kier molecular flexibility index (Phi) is 9.04. The highest BCUT2D eigenvalue weighted by atomic mass is 32.1. The van der Waals surface area contributed by atoms with E-state index in [9.17, 15) is 18.0 Å². The molecule has 1 aromatic carbocycles. The van der Waals surface area contributed by atoms with Gasteiger partial charge in [-0.25, -0.2) is 14.8 Å². The number of thiophene rings is 1. The van der Waals surface area contributed by atoms with Crippen LogP contribution in [-0.4, -0.2) is 87.4 Å². The van der Waals surface area contributed by atoms with Crippen LogP contribution in [0.1, 0.15) is 27.7 Å². The van der Waals surface area contributed by atoms with Crippen molar-refractivity contribution in [3.63, 3.8) is 0 Å². The molecule has 0 spiro atoms. The first-order chi connectivity index (χ1) is 20.2. The van der Waals surface area contributed by atoms with E-state index in [0.717, 1.165) is 43.0 Å². The van der Waals surface area contributed by atoms with E-state index in [2.05, 4.69) is 24.8 Å². The molecule has 1 fully saturated rings. The van der Waals surface area contributed by atoms with Gasteiger partial charge in [-0.2, -0.15) is 0 Å². The molecule has 1 aliphatic heterocycles. The Morgan fingerprint density at radius 2 is 1.93 bits per heavy atom. The predicted octanol–water partition coefficient (Wildman–Crippen LogP) is 4.90. The van der Waals surface area contributed by atoms with Gasteiger partial charge in [-0.05, 0) is 56.1 Å². The van der Waals surface area contributed by atoms with Gasteiger partial charge in [0.15, 0.2) is 10.8 Å². The van der Waals surface area contributed by atoms with Crippen molar-refractivity contribution in [1.82, 2.24) is 14.9 Å². The summed E-state index contributed by atoms with van der Waals surface area (Å²) in [5, 5.41) is 3.45. The molecule has 1 N–H and O–H groups in total. The van der Waals surface area contributed by atoms with E-state index in [0.29, 0.717) is 40.6 Å². The van der Waals surface area contributed by atoms with E-state index in [-0.39, 0.29) is 24.8 Å². The SMILES string of the molecule is CCOC(=O)c1sc(OCCOC)c2c1CCc1cnc(Nc3cc(N4CCN(C)CC4)ccc3OC(F)(F)F)nc1-2. The summed E-state index contributed by atoms with van der Waals surface area (Å²) in [6, 6.07) is 4.53. The number of anilines is 3. The minimum absolute atomic E-state index is 0.0776. The first-order valence-electron chi connectivity index (χ1n) is 13.6. The van der Waals surface area contributed by atoms with Crippen molar-refractivity contribution in [3.05, 3.63) is 40.4 Å². The topological polar surface area (TPSA) is 98.3 Å². The molecule has 3 aromatic rings. The van der Waals surface area contributed by atoms with Crippen molar-refractivity contribution < 1.29 is 36.9 Å². The molecular weight excluding hydrogens is 575 g/mol. The summed E-state index contributed by atoms with van der Waals surface area (Å²) < 4.78 is 60.6. The first-order valence-corrected chi connectivity index (χ1v) is 14.4. The highest BCUT2D eigenvalue weighted by Crippen LogP contribution is 2.47. The van der Waals surface area contributed by atoms with Crippen molar-refractivity contribution in [2.24, 2.45) is 0 Å². The number of carbonyl (C=O) groups is 1. The first kappa shape index (κ1) is 29.9. The fourth-order valence-corrected chi connectivity index (χ4v) is 6.06. The van der Waals surface area contributed by atoms with Gasteiger partial charge in [0.25, 0.3) is 0 Å². The second-order valence-electron chi connectivity index (χ2n) is 9.84. The molecule has 0 atom stereocenters. The maximum Gasteiger partial charge on any atom is 0.573 e. The fraction of sp³-hybridized carbons (Fsp3) is 0.464. The molecule has 5 rings (SSSR count). The van der Waals surface area contributed by atoms with Crippen molar-refractivity contribution in [2.75, 3.05) is 70.4 Å². The number of hydrogen-bond acceptors (Lipinski definition) is 11. The van der Waals surface area contributed by atoms with Gasteiger partial charge >= 0.3 is 12.3 Å². The zero-order chi connectivity index (χ0) is 29.9. The monoisotopic (exact) mass is 607 g/mol. The zero-order valence-electron chi connectivity index (χ0n) is 23.5. The third-order valence-corrected chi connectivity index (χ3v) is 8.13. The molecule has 2 aliphatic rings. The van der Waals surface area contributed by atoms with Crippen molar-refractivity contribution in [2.45, 2.75) is 26.1 Å². The third-order valence-electron chi connectivity index (χ3n) is 7.01. The lowest BCUT2D eigenvalue weighted by molar-refractivity contribution is -0.274. The molecular formula is C28H32F3N5O5S. The number of likely N-dealkylation sites (N-methyl/N-ethyl adjacent to an activating group) is 1. The number of aromatic nitrogens is 2. The van der Waals surface area contributed by atoms with Crippen LogP contribution in [0.15, 0.2) is 24.4 Å². The number of fused-ring (bicyclic) bond motifs is 3. The number of methoxy groups -OCH3 is 1. The number of carbonyl (C=O) groups excluding carboxylic acids is 1. The smallest absolute Gasteiger partial charge is 0.481 e. The lowest BCUT2D eigenvalue weighted by Crippen LogP contribution is -2.44. The Morgan fingerprint density at radius 1 is 1.14 bits per heavy atom. The average Bonchev–Trinajstić information content (AvgIpc) is 3.33. The quantitative estimate of drug-likeness (QED) is 0.253. The molecule has 1 saturated heterocycles. The predicted molar refractivity (Wildman–Crippen MR) is 152 cm³/mol. The van der Waals surface area contributed by atoms with Crippen LogP contribution in [0.25, 0.3) is 11.3 Å². The number of ether oxygens (including phenoxy) is 4. The number of hydrogen-bond donors (Lipinski definition) is 1. The Bertz CT molecular complexity index is 1430. The molecule has 14 heteroatoms. The molecule has 0 unspecified atom stereocenters. The van der Waals surface area contributed by atoms with Gasteiger partial charge in [0.1, 0.15) is 11.5 Å². The second-order valence-corrected chi connectivity index (χ2v) is 10.8. The zero-order valence-corrected chi connectivity index (χ0v) is 24.4. The highest BCUT2D eigenvalue weighted by molar-refractivity contribution is 7.16. The van der Waals surface area contributed by atoms with Crippen LogP contribution < -0.4 is 19.7 Å². The molecule has 10 nitrogen and oxygen atoms in total. The number of esters is 1. The molecule has 42 heavy (non-hydrogen) atoms. The summed E-state index contributed by atoms with van der Waals surface area (Å²) in [4.78, 5) is 26.6. The van der Waals surface area contributed by atoms with E-state index in [1.807, 2.05) is 7.05 Å². The van der Waals surface area contributed by atoms with E-state index in [4.69, 9.17) is 19.2 Å². The molecule has 3 heterocycles. The number of rotatable bonds is 10. The van der Waals surface area contributed by atoms with Gasteiger partial charge in [0, 0.05) is 45.2 Å². The van der Waals surface area contributed by atoms with Crippen LogP contribution in [0.3, 0.4) is 0 Å². The molecule has 2 aromatic heterocycles. The number of aryl methyl sites for hydroxylation is 1. The van der Waals surface area contributed by atoms with Crippen LogP contribution in [0.4, 0.5) is 30.5 Å². The van der Waals surface area contributed by atoms with Gasteiger partial charge in [-0.3, -0.25) is 0 Å². The van der Waals surface area contributed by atoms with Crippen molar-refractivity contribution in [3.8, 4) is 22.1 Å². The van der Waals surface area contributed by atoms with Gasteiger partial charge in [-0.15, -0.1) is 13.2 Å². The fourth-order valence-electron chi connectivity index (χ4n) is 4.94. The van der Waals surface area contributed by atoms with Crippen LogP contribution >= 0.6 is 11.3 Å². The van der Waals surface area contributed by atoms with Crippen LogP contribution in [0, 0.1) is 0 Å².